The van der Waals surface area contributed by atoms with Gasteiger partial charge in [0.05, 0.1) is 11.7 Å². The molecule has 1 atom stereocenters. The first-order valence-corrected chi connectivity index (χ1v) is 11.7. The van der Waals surface area contributed by atoms with E-state index in [1.165, 1.54) is 5.56 Å². The van der Waals surface area contributed by atoms with Crippen molar-refractivity contribution in [1.82, 2.24) is 19.2 Å². The topological polar surface area (TPSA) is 66.9 Å². The van der Waals surface area contributed by atoms with E-state index >= 15 is 0 Å². The van der Waals surface area contributed by atoms with Crippen LogP contribution in [0.1, 0.15) is 43.4 Å². The third-order valence-corrected chi connectivity index (χ3v) is 6.80. The molecule has 6 nitrogen and oxygen atoms in total. The van der Waals surface area contributed by atoms with Crippen molar-refractivity contribution in [2.24, 2.45) is 5.73 Å². The number of carbonyl (C=O) groups is 1. The maximum Gasteiger partial charge on any atom is 0.239 e. The average molecular weight is 434 g/mol. The molecule has 2 N–H and O–H groups in total. The Morgan fingerprint density at radius 2 is 1.81 bits per heavy atom. The Kier molecular flexibility index (Phi) is 6.92. The first-order valence-electron chi connectivity index (χ1n) is 11.7. The van der Waals surface area contributed by atoms with E-state index in [4.69, 9.17) is 10.7 Å². The molecule has 6 heteroatoms. The van der Waals surface area contributed by atoms with E-state index in [2.05, 4.69) is 59.9 Å². The van der Waals surface area contributed by atoms with Gasteiger partial charge in [0.1, 0.15) is 5.65 Å². The molecule has 3 heterocycles. The van der Waals surface area contributed by atoms with Crippen LogP contribution < -0.4 is 5.73 Å². The number of hydrogen-bond acceptors (Lipinski definition) is 4. The van der Waals surface area contributed by atoms with E-state index in [0.717, 1.165) is 50.0 Å². The molecule has 4 rings (SSSR count). The van der Waals surface area contributed by atoms with E-state index in [1.54, 1.807) is 0 Å². The minimum Gasteiger partial charge on any atom is -0.341 e. The van der Waals surface area contributed by atoms with Crippen LogP contribution in [0.2, 0.25) is 0 Å². The molecule has 0 unspecified atom stereocenters. The number of aromatic nitrogens is 2. The van der Waals surface area contributed by atoms with Crippen LogP contribution in [0.3, 0.4) is 0 Å². The molecule has 3 aromatic rings. The molecule has 1 aliphatic heterocycles. The van der Waals surface area contributed by atoms with Crippen molar-refractivity contribution in [3.05, 3.63) is 72.2 Å². The highest BCUT2D eigenvalue weighted by Gasteiger charge is 2.41. The Bertz CT molecular complexity index is 988. The molecule has 170 valence electrons. The third-order valence-electron chi connectivity index (χ3n) is 6.80. The van der Waals surface area contributed by atoms with Crippen LogP contribution in [0.5, 0.6) is 0 Å². The molecule has 0 aliphatic carbocycles. The lowest BCUT2D eigenvalue weighted by Gasteiger charge is -2.42. The maximum absolute atomic E-state index is 13.0. The lowest BCUT2D eigenvalue weighted by Crippen LogP contribution is -2.50. The lowest BCUT2D eigenvalue weighted by atomic mass is 9.70. The van der Waals surface area contributed by atoms with E-state index in [1.807, 2.05) is 29.3 Å². The predicted octanol–water partition coefficient (Wildman–Crippen LogP) is 3.30. The zero-order chi connectivity index (χ0) is 22.6. The zero-order valence-corrected chi connectivity index (χ0v) is 19.3. The molecule has 0 saturated carbocycles. The first kappa shape index (κ1) is 22.5. The van der Waals surface area contributed by atoms with Crippen molar-refractivity contribution < 1.29 is 4.79 Å². The highest BCUT2D eigenvalue weighted by atomic mass is 16.2. The molecule has 0 radical (unpaired) electrons. The van der Waals surface area contributed by atoms with Crippen LogP contribution >= 0.6 is 0 Å². The third kappa shape index (κ3) is 4.71. The molecule has 0 spiro atoms. The number of rotatable bonds is 8. The summed E-state index contributed by atoms with van der Waals surface area (Å²) in [5.41, 5.74) is 9.39. The number of imidazole rings is 1. The number of fused-ring (bicyclic) bond motifs is 1. The molecule has 2 aromatic heterocycles. The largest absolute Gasteiger partial charge is 0.341 e. The molecule has 0 bridgehead atoms. The second-order valence-corrected chi connectivity index (χ2v) is 9.27. The van der Waals surface area contributed by atoms with E-state index in [9.17, 15) is 4.79 Å². The van der Waals surface area contributed by atoms with Gasteiger partial charge < -0.3 is 19.9 Å². The summed E-state index contributed by atoms with van der Waals surface area (Å²) in [7, 11) is 4.14. The van der Waals surface area contributed by atoms with Gasteiger partial charge in [0.25, 0.3) is 0 Å². The smallest absolute Gasteiger partial charge is 0.239 e. The SMILES string of the molecule is CN(C)CCCC[C@H](N)C(=O)N1CCC(c2ccccc2)(c2cn3ccccc3n2)CC1. The normalized spacial score (nSPS) is 17.1. The van der Waals surface area contributed by atoms with Crippen LogP contribution in [-0.2, 0) is 10.2 Å². The fourth-order valence-corrected chi connectivity index (χ4v) is 4.87. The zero-order valence-electron chi connectivity index (χ0n) is 19.3. The van der Waals surface area contributed by atoms with Crippen LogP contribution in [0.15, 0.2) is 60.9 Å². The fourth-order valence-electron chi connectivity index (χ4n) is 4.87. The van der Waals surface area contributed by atoms with Crippen LogP contribution in [0.25, 0.3) is 5.65 Å². The number of nitrogens with zero attached hydrogens (tertiary/aromatic N) is 4. The Hall–Kier alpha value is -2.70. The van der Waals surface area contributed by atoms with Gasteiger partial charge in [-0.15, -0.1) is 0 Å². The second kappa shape index (κ2) is 9.84. The molecular weight excluding hydrogens is 398 g/mol. The summed E-state index contributed by atoms with van der Waals surface area (Å²) in [6, 6.07) is 16.3. The number of likely N-dealkylation sites (tertiary alicyclic amines) is 1. The standard InChI is InChI=1S/C26H35N5O/c1-29(2)16-8-6-12-22(27)25(32)30-18-14-26(15-19-30,21-10-4-3-5-11-21)23-20-31-17-9-7-13-24(31)28-23/h3-5,7,9-11,13,17,20,22H,6,8,12,14-16,18-19,27H2,1-2H3/t22-/m0/s1. The maximum atomic E-state index is 13.0. The fraction of sp³-hybridized carbons (Fsp3) is 0.462. The Labute approximate surface area is 191 Å². The predicted molar refractivity (Wildman–Crippen MR) is 129 cm³/mol. The lowest BCUT2D eigenvalue weighted by molar-refractivity contribution is -0.134. The summed E-state index contributed by atoms with van der Waals surface area (Å²) in [5.74, 6) is 0.0894. The summed E-state index contributed by atoms with van der Waals surface area (Å²) < 4.78 is 2.08. The summed E-state index contributed by atoms with van der Waals surface area (Å²) in [6.07, 6.45) is 8.68. The van der Waals surface area contributed by atoms with Gasteiger partial charge in [0.2, 0.25) is 5.91 Å². The van der Waals surface area contributed by atoms with Gasteiger partial charge >= 0.3 is 0 Å². The Morgan fingerprint density at radius 3 is 2.50 bits per heavy atom. The summed E-state index contributed by atoms with van der Waals surface area (Å²) in [5, 5.41) is 0. The summed E-state index contributed by atoms with van der Waals surface area (Å²) in [6.45, 7) is 2.43. The number of hydrogen-bond donors (Lipinski definition) is 1. The molecule has 1 fully saturated rings. The van der Waals surface area contributed by atoms with Gasteiger partial charge in [-0.3, -0.25) is 4.79 Å². The minimum atomic E-state index is -0.406. The Morgan fingerprint density at radius 1 is 1.09 bits per heavy atom. The second-order valence-electron chi connectivity index (χ2n) is 9.27. The Balaban J connectivity index is 1.49. The van der Waals surface area contributed by atoms with Gasteiger partial charge in [-0.2, -0.15) is 0 Å². The first-order chi connectivity index (χ1) is 15.5. The molecule has 1 amide bonds. The number of carbonyl (C=O) groups excluding carboxylic acids is 1. The molecular formula is C26H35N5O. The van der Waals surface area contributed by atoms with Crippen molar-refractivity contribution in [2.45, 2.75) is 43.6 Å². The van der Waals surface area contributed by atoms with Crippen molar-refractivity contribution in [2.75, 3.05) is 33.7 Å². The number of nitrogens with two attached hydrogens (primary N) is 1. The van der Waals surface area contributed by atoms with Gasteiger partial charge in [0.15, 0.2) is 0 Å². The van der Waals surface area contributed by atoms with Gasteiger partial charge in [-0.05, 0) is 64.0 Å². The molecule has 1 saturated heterocycles. The van der Waals surface area contributed by atoms with Crippen LogP contribution in [0.4, 0.5) is 0 Å². The van der Waals surface area contributed by atoms with Crippen LogP contribution in [0, 0.1) is 0 Å². The molecule has 1 aromatic carbocycles. The minimum absolute atomic E-state index is 0.0894. The highest BCUT2D eigenvalue weighted by Crippen LogP contribution is 2.41. The van der Waals surface area contributed by atoms with Crippen LogP contribution in [-0.4, -0.2) is 64.9 Å². The number of amides is 1. The van der Waals surface area contributed by atoms with Gasteiger partial charge in [0, 0.05) is 30.9 Å². The van der Waals surface area contributed by atoms with Crippen molar-refractivity contribution in [1.29, 1.82) is 0 Å². The summed E-state index contributed by atoms with van der Waals surface area (Å²) >= 11 is 0. The van der Waals surface area contributed by atoms with E-state index in [0.29, 0.717) is 13.1 Å². The number of benzene rings is 1. The van der Waals surface area contributed by atoms with E-state index < -0.39 is 6.04 Å². The van der Waals surface area contributed by atoms with Crippen molar-refractivity contribution >= 4 is 11.6 Å². The average Bonchev–Trinajstić information content (AvgIpc) is 3.26. The van der Waals surface area contributed by atoms with E-state index in [-0.39, 0.29) is 11.3 Å². The number of pyridine rings is 1. The monoisotopic (exact) mass is 433 g/mol. The number of piperidine rings is 1. The van der Waals surface area contributed by atoms with Crippen molar-refractivity contribution in [3.8, 4) is 0 Å². The van der Waals surface area contributed by atoms with Gasteiger partial charge in [-0.25, -0.2) is 4.98 Å². The number of unbranched alkanes of at least 4 members (excludes halogenated alkanes) is 1. The highest BCUT2D eigenvalue weighted by molar-refractivity contribution is 5.81. The molecule has 1 aliphatic rings. The van der Waals surface area contributed by atoms with Crippen molar-refractivity contribution in [3.63, 3.8) is 0 Å². The molecule has 32 heavy (non-hydrogen) atoms. The summed E-state index contributed by atoms with van der Waals surface area (Å²) in [4.78, 5) is 22.1. The quantitative estimate of drug-likeness (QED) is 0.554. The van der Waals surface area contributed by atoms with Gasteiger partial charge in [-0.1, -0.05) is 42.8 Å².